The highest BCUT2D eigenvalue weighted by molar-refractivity contribution is 6.06. The van der Waals surface area contributed by atoms with E-state index in [0.29, 0.717) is 11.5 Å². The van der Waals surface area contributed by atoms with Crippen molar-refractivity contribution < 1.29 is 4.79 Å². The van der Waals surface area contributed by atoms with Gasteiger partial charge >= 0.3 is 0 Å². The molecule has 0 radical (unpaired) electrons. The number of allylic oxidation sites excluding steroid dienone is 2. The first-order chi connectivity index (χ1) is 14.0. The Hall–Kier alpha value is -3.67. The molecule has 4 rings (SSSR count). The minimum absolute atomic E-state index is 0.160. The van der Waals surface area contributed by atoms with Crippen LogP contribution in [-0.2, 0) is 4.79 Å². The van der Waals surface area contributed by atoms with Crippen molar-refractivity contribution in [2.45, 2.75) is 26.8 Å². The number of nitrogens with zero attached hydrogens (tertiary/aromatic N) is 3. The number of hydrogen-bond donors (Lipinski definition) is 2. The molecule has 2 aromatic carbocycles. The third-order valence-electron chi connectivity index (χ3n) is 5.20. The zero-order valence-corrected chi connectivity index (χ0v) is 16.7. The number of benzene rings is 2. The van der Waals surface area contributed by atoms with Gasteiger partial charge < -0.3 is 10.6 Å². The van der Waals surface area contributed by atoms with Gasteiger partial charge in [0.15, 0.2) is 0 Å². The van der Waals surface area contributed by atoms with E-state index in [4.69, 9.17) is 0 Å². The molecule has 0 fully saturated rings. The largest absolute Gasteiger partial charge is 0.328 e. The normalized spacial score (nSPS) is 15.9. The van der Waals surface area contributed by atoms with Crippen LogP contribution in [0.25, 0.3) is 6.08 Å². The number of aryl methyl sites for hydroxylation is 1. The van der Waals surface area contributed by atoms with Crippen LogP contribution in [0, 0.1) is 13.8 Å². The second-order valence-corrected chi connectivity index (χ2v) is 7.11. The van der Waals surface area contributed by atoms with Gasteiger partial charge in [0.1, 0.15) is 12.4 Å². The Morgan fingerprint density at radius 1 is 1.10 bits per heavy atom. The molecule has 146 valence electrons. The lowest BCUT2D eigenvalue weighted by atomic mass is 10.00. The van der Waals surface area contributed by atoms with E-state index in [1.54, 1.807) is 4.68 Å². The van der Waals surface area contributed by atoms with Gasteiger partial charge in [0.2, 0.25) is 5.95 Å². The van der Waals surface area contributed by atoms with E-state index in [1.165, 1.54) is 6.33 Å². The van der Waals surface area contributed by atoms with E-state index in [-0.39, 0.29) is 11.9 Å². The second-order valence-electron chi connectivity index (χ2n) is 7.11. The first-order valence-corrected chi connectivity index (χ1v) is 9.52. The quantitative estimate of drug-likeness (QED) is 0.694. The molecule has 29 heavy (non-hydrogen) atoms. The maximum absolute atomic E-state index is 13.3. The summed E-state index contributed by atoms with van der Waals surface area (Å²) in [6, 6.07) is 15.5. The fourth-order valence-corrected chi connectivity index (χ4v) is 3.45. The molecule has 0 saturated heterocycles. The third-order valence-corrected chi connectivity index (χ3v) is 5.20. The molecule has 1 amide bonds. The predicted molar refractivity (Wildman–Crippen MR) is 115 cm³/mol. The Bertz CT molecular complexity index is 1110. The van der Waals surface area contributed by atoms with Gasteiger partial charge in [-0.2, -0.15) is 10.1 Å². The van der Waals surface area contributed by atoms with E-state index in [0.717, 1.165) is 28.1 Å². The molecule has 1 aliphatic rings. The van der Waals surface area contributed by atoms with Crippen molar-refractivity contribution in [3.05, 3.63) is 88.9 Å². The summed E-state index contributed by atoms with van der Waals surface area (Å²) in [5, 5.41) is 10.6. The molecule has 0 aliphatic carbocycles. The third kappa shape index (κ3) is 3.69. The lowest BCUT2D eigenvalue weighted by Crippen LogP contribution is -2.30. The first kappa shape index (κ1) is 18.7. The Labute approximate surface area is 170 Å². The number of carbonyl (C=O) groups excluding carboxylic acids is 1. The molecule has 1 atom stereocenters. The van der Waals surface area contributed by atoms with Gasteiger partial charge in [0.05, 0.1) is 5.57 Å². The predicted octanol–water partition coefficient (Wildman–Crippen LogP) is 4.49. The number of rotatable bonds is 4. The molecule has 0 spiro atoms. The number of amides is 1. The molecule has 3 aromatic rings. The van der Waals surface area contributed by atoms with Crippen LogP contribution in [0.4, 0.5) is 11.6 Å². The maximum atomic E-state index is 13.3. The minimum atomic E-state index is -0.362. The highest BCUT2D eigenvalue weighted by Gasteiger charge is 2.30. The summed E-state index contributed by atoms with van der Waals surface area (Å²) in [7, 11) is 0. The number of aromatic nitrogens is 3. The minimum Gasteiger partial charge on any atom is -0.328 e. The molecule has 6 nitrogen and oxygen atoms in total. The monoisotopic (exact) mass is 385 g/mol. The van der Waals surface area contributed by atoms with Gasteiger partial charge in [0, 0.05) is 11.4 Å². The van der Waals surface area contributed by atoms with E-state index in [1.807, 2.05) is 81.5 Å². The smallest absolute Gasteiger partial charge is 0.255 e. The zero-order chi connectivity index (χ0) is 20.4. The van der Waals surface area contributed by atoms with Crippen LogP contribution in [0.2, 0.25) is 0 Å². The summed E-state index contributed by atoms with van der Waals surface area (Å²) < 4.78 is 1.73. The van der Waals surface area contributed by atoms with Gasteiger partial charge in [-0.25, -0.2) is 4.68 Å². The maximum Gasteiger partial charge on any atom is 0.255 e. The Balaban J connectivity index is 1.70. The molecule has 0 saturated carbocycles. The van der Waals surface area contributed by atoms with Crippen LogP contribution in [0.5, 0.6) is 0 Å². The van der Waals surface area contributed by atoms with Crippen LogP contribution in [0.15, 0.2) is 72.2 Å². The van der Waals surface area contributed by atoms with E-state index < -0.39 is 0 Å². The number of nitrogens with one attached hydrogen (secondary N) is 2. The Morgan fingerprint density at radius 3 is 2.69 bits per heavy atom. The lowest BCUT2D eigenvalue weighted by molar-refractivity contribution is -0.113. The second kappa shape index (κ2) is 7.75. The Morgan fingerprint density at radius 2 is 1.90 bits per heavy atom. The summed E-state index contributed by atoms with van der Waals surface area (Å²) in [6.45, 7) is 5.93. The topological polar surface area (TPSA) is 71.8 Å². The number of anilines is 2. The lowest BCUT2D eigenvalue weighted by Gasteiger charge is -2.26. The van der Waals surface area contributed by atoms with Gasteiger partial charge in [-0.3, -0.25) is 4.79 Å². The molecule has 2 heterocycles. The van der Waals surface area contributed by atoms with Gasteiger partial charge in [0.25, 0.3) is 5.91 Å². The van der Waals surface area contributed by atoms with E-state index in [2.05, 4.69) is 20.7 Å². The Kier molecular flexibility index (Phi) is 4.99. The summed E-state index contributed by atoms with van der Waals surface area (Å²) in [5.74, 6) is 0.459. The average molecular weight is 385 g/mol. The van der Waals surface area contributed by atoms with Crippen molar-refractivity contribution >= 4 is 23.6 Å². The fourth-order valence-electron chi connectivity index (χ4n) is 3.45. The van der Waals surface area contributed by atoms with Crippen molar-refractivity contribution in [2.24, 2.45) is 0 Å². The van der Waals surface area contributed by atoms with Crippen LogP contribution in [0.1, 0.15) is 29.7 Å². The van der Waals surface area contributed by atoms with Crippen molar-refractivity contribution in [2.75, 3.05) is 10.6 Å². The van der Waals surface area contributed by atoms with Crippen LogP contribution < -0.4 is 10.6 Å². The van der Waals surface area contributed by atoms with Crippen LogP contribution in [-0.4, -0.2) is 20.7 Å². The molecule has 1 aliphatic heterocycles. The number of fused-ring (bicyclic) bond motifs is 1. The molecule has 2 N–H and O–H groups in total. The van der Waals surface area contributed by atoms with E-state index >= 15 is 0 Å². The van der Waals surface area contributed by atoms with Crippen molar-refractivity contribution in [3.63, 3.8) is 0 Å². The van der Waals surface area contributed by atoms with Crippen molar-refractivity contribution in [1.29, 1.82) is 0 Å². The number of hydrogen-bond acceptors (Lipinski definition) is 4. The number of carbonyl (C=O) groups is 1. The standard InChI is InChI=1S/C23H23N5O/c1-15-8-7-11-19(16(15)2)27-22(29)21-17(3)26-23-24-14-25-28(23)20(21)13-12-18-9-5-4-6-10-18/h4-14,20H,1-3H3,(H,27,29)(H,24,25,26)/b13-12+. The molecular weight excluding hydrogens is 362 g/mol. The average Bonchev–Trinajstić information content (AvgIpc) is 3.18. The van der Waals surface area contributed by atoms with Crippen molar-refractivity contribution in [3.8, 4) is 0 Å². The van der Waals surface area contributed by atoms with Gasteiger partial charge in [-0.05, 0) is 43.5 Å². The summed E-state index contributed by atoms with van der Waals surface area (Å²) in [4.78, 5) is 17.5. The van der Waals surface area contributed by atoms with E-state index in [9.17, 15) is 4.79 Å². The van der Waals surface area contributed by atoms with Crippen LogP contribution >= 0.6 is 0 Å². The van der Waals surface area contributed by atoms with Crippen molar-refractivity contribution in [1.82, 2.24) is 14.8 Å². The molecular formula is C23H23N5O. The fraction of sp³-hybridized carbons (Fsp3) is 0.174. The molecule has 1 unspecified atom stereocenters. The molecule has 6 heteroatoms. The van der Waals surface area contributed by atoms with Gasteiger partial charge in [-0.15, -0.1) is 0 Å². The van der Waals surface area contributed by atoms with Crippen LogP contribution in [0.3, 0.4) is 0 Å². The summed E-state index contributed by atoms with van der Waals surface area (Å²) in [6.07, 6.45) is 5.47. The highest BCUT2D eigenvalue weighted by atomic mass is 16.1. The molecule has 0 bridgehead atoms. The zero-order valence-electron chi connectivity index (χ0n) is 16.7. The first-order valence-electron chi connectivity index (χ1n) is 9.52. The van der Waals surface area contributed by atoms with Gasteiger partial charge in [-0.1, -0.05) is 54.6 Å². The highest BCUT2D eigenvalue weighted by Crippen LogP contribution is 2.32. The SMILES string of the molecule is CC1=C(C(=O)Nc2cccc(C)c2C)C(/C=C/c2ccccc2)n2ncnc2N1. The summed E-state index contributed by atoms with van der Waals surface area (Å²) >= 11 is 0. The summed E-state index contributed by atoms with van der Waals surface area (Å²) in [5.41, 5.74) is 5.42. The molecule has 1 aromatic heterocycles.